The molecule has 12 heteroatoms. The van der Waals surface area contributed by atoms with Gasteiger partial charge in [-0.15, -0.1) is 0 Å². The molecule has 0 bridgehead atoms. The summed E-state index contributed by atoms with van der Waals surface area (Å²) in [6.45, 7) is 3.37. The largest absolute Gasteiger partial charge is 0.457 e. The standard InChI is InChI=1S/C40H42F3NO8/c1-38(2)49-32-23-39(37(45)48-26-30-19-11-5-12-20-30,52-36(40(41,42)43)44-31-21-13-6-14-22-31)51-35(34(32)50-38)33(47-25-29-17-9-4-10-18-29)27-46-24-28-15-7-3-8-16-28/h3-22,32-36,44H,23-27H2,1-2H3/t32-,33+,34-,35-,36-,39?/m1/s1. The van der Waals surface area contributed by atoms with Gasteiger partial charge in [0.2, 0.25) is 6.23 Å². The zero-order chi connectivity index (χ0) is 36.6. The molecule has 0 aromatic heterocycles. The van der Waals surface area contributed by atoms with Crippen molar-refractivity contribution in [3.63, 3.8) is 0 Å². The number of para-hydroxylation sites is 1. The fourth-order valence-electron chi connectivity index (χ4n) is 6.21. The molecule has 276 valence electrons. The monoisotopic (exact) mass is 721 g/mol. The van der Waals surface area contributed by atoms with Crippen molar-refractivity contribution in [1.82, 2.24) is 0 Å². The number of benzene rings is 4. The number of carbonyl (C=O) groups excluding carboxylic acids is 1. The average molecular weight is 722 g/mol. The van der Waals surface area contributed by atoms with Crippen LogP contribution in [0.2, 0.25) is 0 Å². The Morgan fingerprint density at radius 2 is 1.31 bits per heavy atom. The first-order valence-corrected chi connectivity index (χ1v) is 17.1. The molecule has 0 saturated carbocycles. The summed E-state index contributed by atoms with van der Waals surface area (Å²) in [4.78, 5) is 14.3. The van der Waals surface area contributed by atoms with E-state index < -0.39 is 60.8 Å². The number of rotatable bonds is 15. The van der Waals surface area contributed by atoms with Crippen LogP contribution < -0.4 is 5.32 Å². The summed E-state index contributed by atoms with van der Waals surface area (Å²) in [5.74, 6) is -4.97. The molecule has 9 nitrogen and oxygen atoms in total. The second-order valence-electron chi connectivity index (χ2n) is 13.1. The fraction of sp³-hybridized carbons (Fsp3) is 0.375. The first kappa shape index (κ1) is 37.5. The number of esters is 1. The summed E-state index contributed by atoms with van der Waals surface area (Å²) in [7, 11) is 0. The summed E-state index contributed by atoms with van der Waals surface area (Å²) < 4.78 is 87.6. The second kappa shape index (κ2) is 16.6. The van der Waals surface area contributed by atoms with Crippen LogP contribution >= 0.6 is 0 Å². The maximum Gasteiger partial charge on any atom is 0.433 e. The minimum atomic E-state index is -4.99. The number of anilines is 1. The van der Waals surface area contributed by atoms with Crippen molar-refractivity contribution in [3.8, 4) is 0 Å². The van der Waals surface area contributed by atoms with E-state index in [9.17, 15) is 18.0 Å². The summed E-state index contributed by atoms with van der Waals surface area (Å²) in [6, 6.07) is 35.3. The molecule has 4 aromatic rings. The van der Waals surface area contributed by atoms with Crippen LogP contribution in [0, 0.1) is 0 Å². The van der Waals surface area contributed by atoms with Crippen LogP contribution in [0.15, 0.2) is 121 Å². The molecule has 0 radical (unpaired) electrons. The molecule has 6 atom stereocenters. The van der Waals surface area contributed by atoms with Crippen LogP contribution in [0.5, 0.6) is 0 Å². The number of alkyl halides is 3. The summed E-state index contributed by atoms with van der Waals surface area (Å²) in [6.07, 6.45) is -12.2. The highest BCUT2D eigenvalue weighted by Gasteiger charge is 2.63. The lowest BCUT2D eigenvalue weighted by Gasteiger charge is -2.46. The van der Waals surface area contributed by atoms with Crippen LogP contribution in [0.1, 0.15) is 37.0 Å². The number of hydrogen-bond acceptors (Lipinski definition) is 9. The van der Waals surface area contributed by atoms with Crippen molar-refractivity contribution in [2.24, 2.45) is 0 Å². The lowest BCUT2D eigenvalue weighted by Crippen LogP contribution is -2.64. The molecule has 2 aliphatic heterocycles. The van der Waals surface area contributed by atoms with E-state index in [-0.39, 0.29) is 32.1 Å². The topological polar surface area (TPSA) is 93.7 Å². The lowest BCUT2D eigenvalue weighted by atomic mass is 9.92. The number of carbonyl (C=O) groups is 1. The van der Waals surface area contributed by atoms with Crippen LogP contribution in [-0.2, 0) is 57.8 Å². The van der Waals surface area contributed by atoms with Crippen molar-refractivity contribution >= 4 is 11.7 Å². The molecule has 2 aliphatic rings. The van der Waals surface area contributed by atoms with E-state index in [0.717, 1.165) is 11.1 Å². The Bertz CT molecular complexity index is 1700. The summed E-state index contributed by atoms with van der Waals surface area (Å²) >= 11 is 0. The number of hydrogen-bond donors (Lipinski definition) is 1. The average Bonchev–Trinajstić information content (AvgIpc) is 3.46. The molecule has 2 fully saturated rings. The fourth-order valence-corrected chi connectivity index (χ4v) is 6.21. The summed E-state index contributed by atoms with van der Waals surface area (Å²) in [5, 5.41) is 2.38. The molecule has 0 aliphatic carbocycles. The first-order valence-electron chi connectivity index (χ1n) is 17.1. The maximum atomic E-state index is 14.8. The van der Waals surface area contributed by atoms with Gasteiger partial charge in [-0.1, -0.05) is 109 Å². The highest BCUT2D eigenvalue weighted by molar-refractivity contribution is 5.78. The SMILES string of the molecule is CC1(C)O[C@H]2[C@@H]([C@H](COCc3ccccc3)OCc3ccccc3)OC(O[C@@H](Nc3ccccc3)C(F)(F)F)(C(=O)OCc3ccccc3)C[C@H]2O1. The van der Waals surface area contributed by atoms with E-state index in [1.165, 1.54) is 12.1 Å². The van der Waals surface area contributed by atoms with E-state index in [0.29, 0.717) is 5.56 Å². The predicted octanol–water partition coefficient (Wildman–Crippen LogP) is 7.55. The van der Waals surface area contributed by atoms with Gasteiger partial charge in [-0.05, 0) is 42.7 Å². The molecule has 2 heterocycles. The Kier molecular flexibility index (Phi) is 11.9. The minimum absolute atomic E-state index is 0.0699. The van der Waals surface area contributed by atoms with Gasteiger partial charge in [0.15, 0.2) is 5.79 Å². The van der Waals surface area contributed by atoms with Crippen LogP contribution in [0.4, 0.5) is 18.9 Å². The minimum Gasteiger partial charge on any atom is -0.457 e. The number of ether oxygens (including phenoxy) is 7. The van der Waals surface area contributed by atoms with E-state index >= 15 is 0 Å². The van der Waals surface area contributed by atoms with Gasteiger partial charge in [0.25, 0.3) is 5.79 Å². The van der Waals surface area contributed by atoms with Gasteiger partial charge in [0.1, 0.15) is 24.9 Å². The van der Waals surface area contributed by atoms with Gasteiger partial charge >= 0.3 is 12.1 Å². The third-order valence-corrected chi connectivity index (χ3v) is 8.61. The molecule has 1 unspecified atom stereocenters. The van der Waals surface area contributed by atoms with Gasteiger partial charge in [0.05, 0.1) is 25.9 Å². The zero-order valence-electron chi connectivity index (χ0n) is 28.9. The van der Waals surface area contributed by atoms with Crippen molar-refractivity contribution in [2.45, 2.75) is 88.5 Å². The number of fused-ring (bicyclic) bond motifs is 1. The molecule has 1 N–H and O–H groups in total. The van der Waals surface area contributed by atoms with Gasteiger partial charge < -0.3 is 38.5 Å². The van der Waals surface area contributed by atoms with Crippen molar-refractivity contribution < 1.29 is 51.1 Å². The van der Waals surface area contributed by atoms with Gasteiger partial charge in [-0.2, -0.15) is 13.2 Å². The smallest absolute Gasteiger partial charge is 0.433 e. The van der Waals surface area contributed by atoms with Crippen molar-refractivity contribution in [1.29, 1.82) is 0 Å². The Morgan fingerprint density at radius 1 is 0.769 bits per heavy atom. The zero-order valence-corrected chi connectivity index (χ0v) is 28.9. The van der Waals surface area contributed by atoms with Crippen molar-refractivity contribution in [3.05, 3.63) is 138 Å². The molecular weight excluding hydrogens is 679 g/mol. The third kappa shape index (κ3) is 9.77. The van der Waals surface area contributed by atoms with Gasteiger partial charge in [0, 0.05) is 12.1 Å². The quantitative estimate of drug-likeness (QED) is 0.0987. The highest BCUT2D eigenvalue weighted by atomic mass is 19.4. The Hall–Kier alpha value is -4.30. The number of nitrogens with one attached hydrogen (secondary N) is 1. The molecule has 2 saturated heterocycles. The van der Waals surface area contributed by atoms with E-state index in [1.807, 2.05) is 60.7 Å². The molecule has 6 rings (SSSR count). The Labute approximate surface area is 300 Å². The Morgan fingerprint density at radius 3 is 1.88 bits per heavy atom. The second-order valence-corrected chi connectivity index (χ2v) is 13.1. The van der Waals surface area contributed by atoms with Gasteiger partial charge in [-0.3, -0.25) is 0 Å². The molecular formula is C40H42F3NO8. The molecule has 4 aromatic carbocycles. The van der Waals surface area contributed by atoms with E-state index in [2.05, 4.69) is 5.32 Å². The van der Waals surface area contributed by atoms with Crippen molar-refractivity contribution in [2.75, 3.05) is 11.9 Å². The number of halogens is 3. The Balaban J connectivity index is 1.36. The molecule has 52 heavy (non-hydrogen) atoms. The van der Waals surface area contributed by atoms with Gasteiger partial charge in [-0.25, -0.2) is 4.79 Å². The molecule has 0 spiro atoms. The van der Waals surface area contributed by atoms with E-state index in [1.54, 1.807) is 62.4 Å². The van der Waals surface area contributed by atoms with Crippen LogP contribution in [-0.4, -0.2) is 61.0 Å². The lowest BCUT2D eigenvalue weighted by molar-refractivity contribution is -0.352. The predicted molar refractivity (Wildman–Crippen MR) is 184 cm³/mol. The maximum absolute atomic E-state index is 14.8. The van der Waals surface area contributed by atoms with Crippen LogP contribution in [0.25, 0.3) is 0 Å². The first-order chi connectivity index (χ1) is 25.0. The summed E-state index contributed by atoms with van der Waals surface area (Å²) in [5.41, 5.74) is 2.46. The highest BCUT2D eigenvalue weighted by Crippen LogP contribution is 2.45. The van der Waals surface area contributed by atoms with Crippen LogP contribution in [0.3, 0.4) is 0 Å². The van der Waals surface area contributed by atoms with E-state index in [4.69, 9.17) is 33.2 Å². The third-order valence-electron chi connectivity index (χ3n) is 8.61. The molecule has 0 amide bonds. The normalized spacial score (nSPS) is 23.7.